The lowest BCUT2D eigenvalue weighted by Crippen LogP contribution is -2.55. The first kappa shape index (κ1) is 37.8. The average Bonchev–Trinajstić information content (AvgIpc) is 3.51. The maximum Gasteiger partial charge on any atom is 0.408 e. The van der Waals surface area contributed by atoms with E-state index in [9.17, 15) is 19.5 Å². The molecule has 0 radical (unpaired) electrons. The van der Waals surface area contributed by atoms with Gasteiger partial charge in [-0.25, -0.2) is 4.79 Å². The van der Waals surface area contributed by atoms with Gasteiger partial charge in [0.15, 0.2) is 5.78 Å². The van der Waals surface area contributed by atoms with Crippen molar-refractivity contribution in [2.45, 2.75) is 147 Å². The van der Waals surface area contributed by atoms with Gasteiger partial charge in [0.1, 0.15) is 12.8 Å². The van der Waals surface area contributed by atoms with Gasteiger partial charge in [-0.1, -0.05) is 80.3 Å². The third-order valence-electron chi connectivity index (χ3n) is 10.4. The van der Waals surface area contributed by atoms with Crippen molar-refractivity contribution in [1.82, 2.24) is 15.5 Å². The fraction of sp³-hybridized carbons (Fsp3) is 0.667. The third kappa shape index (κ3) is 11.6. The lowest BCUT2D eigenvalue weighted by molar-refractivity contribution is -0.143. The Balaban J connectivity index is 1.35. The number of alkyl carbamates (subject to hydrolysis) is 1. The zero-order valence-corrected chi connectivity index (χ0v) is 29.3. The van der Waals surface area contributed by atoms with E-state index < -0.39 is 18.4 Å². The van der Waals surface area contributed by atoms with Crippen LogP contribution in [-0.2, 0) is 20.9 Å². The Morgan fingerprint density at radius 2 is 1.88 bits per heavy atom. The molecule has 2 saturated heterocycles. The summed E-state index contributed by atoms with van der Waals surface area (Å²) in [5, 5.41) is 17.7. The molecule has 3 aliphatic rings. The zero-order chi connectivity index (χ0) is 34.3. The second-order valence-electron chi connectivity index (χ2n) is 14.2. The molecule has 5 N–H and O–H groups in total. The number of nitrogens with zero attached hydrogens (tertiary/aromatic N) is 1. The molecule has 9 heteroatoms. The summed E-state index contributed by atoms with van der Waals surface area (Å²) in [5.41, 5.74) is 7.84. The Bertz CT molecular complexity index is 1220. The largest absolute Gasteiger partial charge is 0.445 e. The SMILES string of the molecule is CCCC(CCCN)NC(O)C1CCC2CCCCC(CCCC(=O)C(CC3C=CC(C)=CC3)NC(=O)OCc3ccccc3)C(=O)N21. The van der Waals surface area contributed by atoms with Crippen LogP contribution in [0.3, 0.4) is 0 Å². The van der Waals surface area contributed by atoms with E-state index in [0.717, 1.165) is 76.2 Å². The summed E-state index contributed by atoms with van der Waals surface area (Å²) < 4.78 is 5.47. The van der Waals surface area contributed by atoms with Crippen molar-refractivity contribution in [2.75, 3.05) is 6.54 Å². The topological polar surface area (TPSA) is 134 Å². The van der Waals surface area contributed by atoms with Crippen LogP contribution in [0.4, 0.5) is 4.79 Å². The summed E-state index contributed by atoms with van der Waals surface area (Å²) in [4.78, 5) is 42.6. The Hall–Kier alpha value is -3.01. The number of hydrogen-bond acceptors (Lipinski definition) is 7. The minimum Gasteiger partial charge on any atom is -0.445 e. The highest BCUT2D eigenvalue weighted by atomic mass is 16.5. The average molecular weight is 665 g/mol. The van der Waals surface area contributed by atoms with Crippen LogP contribution in [0.5, 0.6) is 0 Å². The molecule has 2 amide bonds. The van der Waals surface area contributed by atoms with Crippen LogP contribution in [0.2, 0.25) is 0 Å². The van der Waals surface area contributed by atoms with Gasteiger partial charge in [0.25, 0.3) is 0 Å². The molecule has 2 heterocycles. The number of carbonyl (C=O) groups excluding carboxylic acids is 3. The van der Waals surface area contributed by atoms with Crippen LogP contribution in [-0.4, -0.2) is 64.7 Å². The number of aliphatic hydroxyl groups is 1. The first-order valence-corrected chi connectivity index (χ1v) is 18.6. The molecule has 1 aromatic rings. The van der Waals surface area contributed by atoms with Gasteiger partial charge in [-0.2, -0.15) is 0 Å². The number of ether oxygens (including phenoxy) is 1. The van der Waals surface area contributed by atoms with Gasteiger partial charge in [0, 0.05) is 24.4 Å². The van der Waals surface area contributed by atoms with E-state index in [2.05, 4.69) is 42.7 Å². The molecular formula is C39H60N4O5. The maximum absolute atomic E-state index is 14.1. The van der Waals surface area contributed by atoms with Gasteiger partial charge in [-0.3, -0.25) is 14.9 Å². The quantitative estimate of drug-likeness (QED) is 0.135. The number of allylic oxidation sites excluding steroid dienone is 4. The number of aliphatic hydroxyl groups excluding tert-OH is 1. The molecule has 0 saturated carbocycles. The van der Waals surface area contributed by atoms with Crippen LogP contribution < -0.4 is 16.4 Å². The highest BCUT2D eigenvalue weighted by Gasteiger charge is 2.43. The summed E-state index contributed by atoms with van der Waals surface area (Å²) in [6, 6.07) is 8.93. The van der Waals surface area contributed by atoms with E-state index in [4.69, 9.17) is 10.5 Å². The van der Waals surface area contributed by atoms with Crippen LogP contribution >= 0.6 is 0 Å². The summed E-state index contributed by atoms with van der Waals surface area (Å²) in [6.07, 6.45) is 17.2. The number of nitrogens with two attached hydrogens (primary N) is 1. The van der Waals surface area contributed by atoms with Gasteiger partial charge in [0.2, 0.25) is 5.91 Å². The van der Waals surface area contributed by atoms with E-state index in [1.54, 1.807) is 0 Å². The number of benzene rings is 1. The van der Waals surface area contributed by atoms with Crippen LogP contribution in [0.25, 0.3) is 0 Å². The van der Waals surface area contributed by atoms with Crippen molar-refractivity contribution >= 4 is 17.8 Å². The number of Topliss-reactive ketones (excluding diaryl/α,β-unsaturated/α-hetero) is 1. The van der Waals surface area contributed by atoms with Gasteiger partial charge in [-0.15, -0.1) is 0 Å². The second kappa shape index (κ2) is 19.9. The van der Waals surface area contributed by atoms with Gasteiger partial charge in [0.05, 0.1) is 12.1 Å². The monoisotopic (exact) mass is 664 g/mol. The molecule has 9 nitrogen and oxygen atoms in total. The van der Waals surface area contributed by atoms with E-state index in [0.29, 0.717) is 25.8 Å². The lowest BCUT2D eigenvalue weighted by atomic mass is 9.87. The van der Waals surface area contributed by atoms with Crippen molar-refractivity contribution in [1.29, 1.82) is 0 Å². The first-order chi connectivity index (χ1) is 23.3. The smallest absolute Gasteiger partial charge is 0.408 e. The van der Waals surface area contributed by atoms with Crippen molar-refractivity contribution < 1.29 is 24.2 Å². The van der Waals surface area contributed by atoms with Crippen LogP contribution in [0.15, 0.2) is 54.1 Å². The van der Waals surface area contributed by atoms with Gasteiger partial charge >= 0.3 is 6.09 Å². The molecule has 1 aromatic carbocycles. The zero-order valence-electron chi connectivity index (χ0n) is 29.3. The van der Waals surface area contributed by atoms with E-state index in [1.165, 1.54) is 5.57 Å². The molecule has 7 unspecified atom stereocenters. The molecule has 4 rings (SSSR count). The van der Waals surface area contributed by atoms with Crippen molar-refractivity contribution in [3.8, 4) is 0 Å². The minimum absolute atomic E-state index is 0.0272. The van der Waals surface area contributed by atoms with Gasteiger partial charge in [-0.05, 0) is 95.6 Å². The second-order valence-corrected chi connectivity index (χ2v) is 14.2. The predicted octanol–water partition coefficient (Wildman–Crippen LogP) is 6.30. The van der Waals surface area contributed by atoms with E-state index in [1.807, 2.05) is 35.2 Å². The Morgan fingerprint density at radius 1 is 1.08 bits per heavy atom. The number of nitrogens with one attached hydrogen (secondary N) is 2. The fourth-order valence-electron chi connectivity index (χ4n) is 7.72. The molecule has 0 spiro atoms. The highest BCUT2D eigenvalue weighted by molar-refractivity contribution is 5.87. The minimum atomic E-state index is -0.768. The third-order valence-corrected chi connectivity index (χ3v) is 10.4. The van der Waals surface area contributed by atoms with Gasteiger partial charge < -0.3 is 25.8 Å². The Morgan fingerprint density at radius 3 is 2.60 bits per heavy atom. The fourth-order valence-corrected chi connectivity index (χ4v) is 7.72. The lowest BCUT2D eigenvalue weighted by Gasteiger charge is -2.38. The predicted molar refractivity (Wildman–Crippen MR) is 190 cm³/mol. The summed E-state index contributed by atoms with van der Waals surface area (Å²) in [5.74, 6) is 0.0769. The highest BCUT2D eigenvalue weighted by Crippen LogP contribution is 2.35. The number of hydrogen-bond donors (Lipinski definition) is 4. The summed E-state index contributed by atoms with van der Waals surface area (Å²) >= 11 is 0. The molecule has 48 heavy (non-hydrogen) atoms. The summed E-state index contributed by atoms with van der Waals surface area (Å²) in [6.45, 7) is 4.97. The molecule has 7 atom stereocenters. The molecule has 2 aliphatic heterocycles. The van der Waals surface area contributed by atoms with Crippen molar-refractivity contribution in [2.24, 2.45) is 17.6 Å². The number of fused-ring (bicyclic) bond motifs is 1. The number of rotatable bonds is 18. The molecule has 0 bridgehead atoms. The summed E-state index contributed by atoms with van der Waals surface area (Å²) in [7, 11) is 0. The van der Waals surface area contributed by atoms with E-state index in [-0.39, 0.29) is 54.7 Å². The molecule has 0 aromatic heterocycles. The van der Waals surface area contributed by atoms with Crippen LogP contribution in [0, 0.1) is 11.8 Å². The Kier molecular flexibility index (Phi) is 15.6. The molecule has 266 valence electrons. The number of ketones is 1. The van der Waals surface area contributed by atoms with E-state index >= 15 is 0 Å². The van der Waals surface area contributed by atoms with Crippen molar-refractivity contribution in [3.05, 3.63) is 59.7 Å². The van der Waals surface area contributed by atoms with Crippen LogP contribution in [0.1, 0.15) is 116 Å². The first-order valence-electron chi connectivity index (χ1n) is 18.6. The molecular weight excluding hydrogens is 604 g/mol. The standard InChI is InChI=1S/C39H60N4O5/c1-3-11-32(16-10-25-40)41-37(45)35-24-23-33-17-8-7-14-31(38(46)43(33)35)15-9-18-36(44)34(26-29-21-19-28(2)20-22-29)42-39(47)48-27-30-12-5-4-6-13-30/h4-6,12-13,19-21,29,31-35,37,41,45H,3,7-11,14-18,22-27,40H2,1-2H3,(H,42,47). The Labute approximate surface area is 288 Å². The normalized spacial score (nSPS) is 24.5. The maximum atomic E-state index is 14.1. The molecule has 1 aliphatic carbocycles. The number of amides is 2. The van der Waals surface area contributed by atoms with Crippen molar-refractivity contribution in [3.63, 3.8) is 0 Å². The number of carbonyl (C=O) groups is 3. The molecule has 2 fully saturated rings.